The van der Waals surface area contributed by atoms with Crippen LogP contribution >= 0.6 is 0 Å². The first kappa shape index (κ1) is 14.7. The molecule has 2 unspecified atom stereocenters. The van der Waals surface area contributed by atoms with Crippen molar-refractivity contribution in [3.8, 4) is 5.69 Å². The third-order valence-electron chi connectivity index (χ3n) is 3.31. The van der Waals surface area contributed by atoms with Gasteiger partial charge in [-0.25, -0.2) is 4.68 Å². The molecule has 7 heteroatoms. The van der Waals surface area contributed by atoms with Gasteiger partial charge < -0.3 is 10.4 Å². The highest BCUT2D eigenvalue weighted by Crippen LogP contribution is 2.09. The summed E-state index contributed by atoms with van der Waals surface area (Å²) in [5.41, 5.74) is 1.25. The summed E-state index contributed by atoms with van der Waals surface area (Å²) in [4.78, 5) is 22.9. The quantitative estimate of drug-likeness (QED) is 0.859. The monoisotopic (exact) mass is 288 g/mol. The molecule has 0 fully saturated rings. The Kier molecular flexibility index (Phi) is 4.32. The van der Waals surface area contributed by atoms with E-state index in [1.165, 1.54) is 0 Å². The van der Waals surface area contributed by atoms with Crippen LogP contribution in [0.25, 0.3) is 5.69 Å². The lowest BCUT2D eigenvalue weighted by molar-refractivity contribution is -0.141. The Labute approximate surface area is 121 Å². The predicted molar refractivity (Wildman–Crippen MR) is 75.1 cm³/mol. The maximum Gasteiger partial charge on any atom is 0.308 e. The number of nitrogens with zero attached hydrogens (tertiary/aromatic N) is 3. The lowest BCUT2D eigenvalue weighted by atomic mass is 10.0. The summed E-state index contributed by atoms with van der Waals surface area (Å²) >= 11 is 0. The first-order chi connectivity index (χ1) is 9.99. The van der Waals surface area contributed by atoms with Crippen LogP contribution in [0, 0.1) is 5.92 Å². The van der Waals surface area contributed by atoms with Gasteiger partial charge in [0.15, 0.2) is 0 Å². The number of rotatable bonds is 5. The number of aliphatic carboxylic acids is 1. The third-order valence-corrected chi connectivity index (χ3v) is 3.31. The van der Waals surface area contributed by atoms with Gasteiger partial charge in [-0.3, -0.25) is 9.59 Å². The summed E-state index contributed by atoms with van der Waals surface area (Å²) in [6.45, 7) is 3.22. The Hall–Kier alpha value is -2.70. The summed E-state index contributed by atoms with van der Waals surface area (Å²) in [7, 11) is 0. The highest BCUT2D eigenvalue weighted by atomic mass is 16.4. The molecule has 0 saturated heterocycles. The Balaban J connectivity index is 2.05. The number of nitrogens with one attached hydrogen (secondary N) is 1. The lowest BCUT2D eigenvalue weighted by Gasteiger charge is -2.17. The molecule has 0 aliphatic rings. The van der Waals surface area contributed by atoms with Crippen molar-refractivity contribution in [1.29, 1.82) is 0 Å². The fourth-order valence-corrected chi connectivity index (χ4v) is 1.74. The van der Waals surface area contributed by atoms with Crippen LogP contribution in [0.1, 0.15) is 24.2 Å². The van der Waals surface area contributed by atoms with Gasteiger partial charge in [0.25, 0.3) is 5.91 Å². The van der Waals surface area contributed by atoms with E-state index < -0.39 is 17.9 Å². The Bertz CT molecular complexity index is 622. The summed E-state index contributed by atoms with van der Waals surface area (Å²) < 4.78 is 1.58. The summed E-state index contributed by atoms with van der Waals surface area (Å²) in [5.74, 6) is -1.89. The van der Waals surface area contributed by atoms with Crippen molar-refractivity contribution in [3.05, 3.63) is 42.2 Å². The van der Waals surface area contributed by atoms with E-state index in [9.17, 15) is 9.59 Å². The minimum absolute atomic E-state index is 0.305. The van der Waals surface area contributed by atoms with Gasteiger partial charge in [0.2, 0.25) is 0 Å². The molecular weight excluding hydrogens is 272 g/mol. The molecule has 0 spiro atoms. The molecule has 0 aliphatic heterocycles. The van der Waals surface area contributed by atoms with Gasteiger partial charge >= 0.3 is 5.97 Å². The van der Waals surface area contributed by atoms with Crippen LogP contribution in [0.15, 0.2) is 36.7 Å². The van der Waals surface area contributed by atoms with E-state index in [1.54, 1.807) is 55.2 Å². The fourth-order valence-electron chi connectivity index (χ4n) is 1.74. The maximum absolute atomic E-state index is 12.0. The van der Waals surface area contributed by atoms with Crippen molar-refractivity contribution >= 4 is 11.9 Å². The van der Waals surface area contributed by atoms with Crippen molar-refractivity contribution in [2.75, 3.05) is 0 Å². The SMILES string of the molecule is CC(NC(=O)c1ccc(-n2ccnn2)cc1)C(C)C(=O)O. The lowest BCUT2D eigenvalue weighted by Crippen LogP contribution is -2.40. The zero-order valence-corrected chi connectivity index (χ0v) is 11.7. The Morgan fingerprint density at radius 2 is 1.90 bits per heavy atom. The summed E-state index contributed by atoms with van der Waals surface area (Å²) in [5, 5.41) is 19.2. The molecule has 0 aliphatic carbocycles. The molecule has 2 aromatic rings. The second-order valence-corrected chi connectivity index (χ2v) is 4.78. The van der Waals surface area contributed by atoms with Gasteiger partial charge in [0, 0.05) is 11.6 Å². The van der Waals surface area contributed by atoms with Crippen LogP contribution in [0.5, 0.6) is 0 Å². The molecule has 2 atom stereocenters. The van der Waals surface area contributed by atoms with Crippen molar-refractivity contribution in [1.82, 2.24) is 20.3 Å². The Morgan fingerprint density at radius 3 is 2.43 bits per heavy atom. The van der Waals surface area contributed by atoms with E-state index in [1.807, 2.05) is 0 Å². The maximum atomic E-state index is 12.0. The summed E-state index contributed by atoms with van der Waals surface area (Å²) in [6, 6.07) is 6.35. The van der Waals surface area contributed by atoms with Crippen LogP contribution in [-0.4, -0.2) is 38.0 Å². The molecule has 7 nitrogen and oxygen atoms in total. The van der Waals surface area contributed by atoms with Gasteiger partial charge in [0.1, 0.15) is 0 Å². The normalized spacial score (nSPS) is 13.4. The molecule has 110 valence electrons. The van der Waals surface area contributed by atoms with Crippen molar-refractivity contribution in [3.63, 3.8) is 0 Å². The number of carbonyl (C=O) groups excluding carboxylic acids is 1. The van der Waals surface area contributed by atoms with Gasteiger partial charge in [-0.2, -0.15) is 0 Å². The first-order valence-electron chi connectivity index (χ1n) is 6.49. The topological polar surface area (TPSA) is 97.1 Å². The van der Waals surface area contributed by atoms with E-state index in [2.05, 4.69) is 15.6 Å². The number of hydrogen-bond acceptors (Lipinski definition) is 4. The average molecular weight is 288 g/mol. The molecular formula is C14H16N4O3. The van der Waals surface area contributed by atoms with Crippen LogP contribution in [0.3, 0.4) is 0 Å². The molecule has 1 heterocycles. The number of hydrogen-bond donors (Lipinski definition) is 2. The van der Waals surface area contributed by atoms with Crippen molar-refractivity contribution < 1.29 is 14.7 Å². The number of carboxylic acid groups (broad SMARTS) is 1. The zero-order chi connectivity index (χ0) is 15.4. The van der Waals surface area contributed by atoms with Crippen LogP contribution < -0.4 is 5.32 Å². The van der Waals surface area contributed by atoms with E-state index >= 15 is 0 Å². The van der Waals surface area contributed by atoms with E-state index in [-0.39, 0.29) is 5.91 Å². The first-order valence-corrected chi connectivity index (χ1v) is 6.49. The second kappa shape index (κ2) is 6.17. The highest BCUT2D eigenvalue weighted by molar-refractivity contribution is 5.94. The van der Waals surface area contributed by atoms with E-state index in [0.717, 1.165) is 5.69 Å². The minimum Gasteiger partial charge on any atom is -0.481 e. The molecule has 1 aromatic heterocycles. The fraction of sp³-hybridized carbons (Fsp3) is 0.286. The molecule has 1 aromatic carbocycles. The van der Waals surface area contributed by atoms with E-state index in [0.29, 0.717) is 5.56 Å². The number of benzene rings is 1. The Morgan fingerprint density at radius 1 is 1.24 bits per heavy atom. The van der Waals surface area contributed by atoms with Gasteiger partial charge in [-0.1, -0.05) is 5.21 Å². The van der Waals surface area contributed by atoms with Crippen molar-refractivity contribution in [2.45, 2.75) is 19.9 Å². The predicted octanol–water partition coefficient (Wildman–Crippen LogP) is 1.11. The van der Waals surface area contributed by atoms with E-state index in [4.69, 9.17) is 5.11 Å². The van der Waals surface area contributed by atoms with Crippen molar-refractivity contribution in [2.24, 2.45) is 5.92 Å². The largest absolute Gasteiger partial charge is 0.481 e. The number of aromatic nitrogens is 3. The molecule has 0 radical (unpaired) electrons. The van der Waals surface area contributed by atoms with Crippen LogP contribution in [0.2, 0.25) is 0 Å². The highest BCUT2D eigenvalue weighted by Gasteiger charge is 2.21. The molecule has 0 saturated carbocycles. The number of amides is 1. The summed E-state index contributed by atoms with van der Waals surface area (Å²) in [6.07, 6.45) is 3.27. The number of carbonyl (C=O) groups is 2. The van der Waals surface area contributed by atoms with Gasteiger partial charge in [-0.15, -0.1) is 5.10 Å². The molecule has 21 heavy (non-hydrogen) atoms. The molecule has 0 bridgehead atoms. The van der Waals surface area contributed by atoms with Crippen LogP contribution in [0.4, 0.5) is 0 Å². The van der Waals surface area contributed by atoms with Gasteiger partial charge in [-0.05, 0) is 38.1 Å². The smallest absolute Gasteiger partial charge is 0.308 e. The molecule has 1 amide bonds. The van der Waals surface area contributed by atoms with Gasteiger partial charge in [0.05, 0.1) is 24.0 Å². The second-order valence-electron chi connectivity index (χ2n) is 4.78. The molecule has 2 N–H and O–H groups in total. The number of carboxylic acids is 1. The molecule has 2 rings (SSSR count). The zero-order valence-electron chi connectivity index (χ0n) is 11.7. The van der Waals surface area contributed by atoms with Crippen LogP contribution in [-0.2, 0) is 4.79 Å². The third kappa shape index (κ3) is 3.44. The average Bonchev–Trinajstić information content (AvgIpc) is 3.00. The standard InChI is InChI=1S/C14H16N4O3/c1-9(14(20)21)10(2)16-13(19)11-3-5-12(6-4-11)18-8-7-15-17-18/h3-10H,1-2H3,(H,16,19)(H,20,21). The minimum atomic E-state index is -0.940.